The van der Waals surface area contributed by atoms with Gasteiger partial charge in [-0.2, -0.15) is 0 Å². The minimum Gasteiger partial charge on any atom is -0.476 e. The van der Waals surface area contributed by atoms with Crippen molar-refractivity contribution in [1.29, 1.82) is 0 Å². The van der Waals surface area contributed by atoms with E-state index in [0.717, 1.165) is 23.9 Å². The van der Waals surface area contributed by atoms with Gasteiger partial charge in [-0.3, -0.25) is 0 Å². The van der Waals surface area contributed by atoms with Crippen molar-refractivity contribution < 1.29 is 9.90 Å². The van der Waals surface area contributed by atoms with E-state index in [1.807, 2.05) is 12.3 Å². The molecule has 0 bridgehead atoms. The van der Waals surface area contributed by atoms with Crippen LogP contribution in [0.25, 0.3) is 0 Å². The van der Waals surface area contributed by atoms with Crippen LogP contribution in [-0.2, 0) is 0 Å². The molecule has 0 aromatic carbocycles. The number of aromatic carboxylic acids is 1. The summed E-state index contributed by atoms with van der Waals surface area (Å²) in [6.45, 7) is 3.54. The Labute approximate surface area is 107 Å². The molecule has 0 saturated carbocycles. The van der Waals surface area contributed by atoms with Crippen LogP contribution in [0.5, 0.6) is 0 Å². The second kappa shape index (κ2) is 4.05. The molecule has 94 valence electrons. The van der Waals surface area contributed by atoms with Crippen molar-refractivity contribution >= 4 is 22.4 Å². The highest BCUT2D eigenvalue weighted by Crippen LogP contribution is 2.29. The molecule has 0 spiro atoms. The van der Waals surface area contributed by atoms with Gasteiger partial charge in [-0.1, -0.05) is 5.21 Å². The molecular formula is C10H11N5O2S. The van der Waals surface area contributed by atoms with Gasteiger partial charge < -0.3 is 10.0 Å². The first-order valence-electron chi connectivity index (χ1n) is 5.45. The quantitative estimate of drug-likeness (QED) is 0.883. The highest BCUT2D eigenvalue weighted by Gasteiger charge is 2.31. The molecule has 1 aliphatic heterocycles. The number of nitrogens with zero attached hydrogens (tertiary/aromatic N) is 5. The number of carboxylic acids is 1. The predicted octanol–water partition coefficient (Wildman–Crippen LogP) is 0.803. The van der Waals surface area contributed by atoms with E-state index in [9.17, 15) is 4.79 Å². The van der Waals surface area contributed by atoms with Crippen LogP contribution in [0.2, 0.25) is 0 Å². The summed E-state index contributed by atoms with van der Waals surface area (Å²) < 4.78 is 1.61. The molecule has 0 amide bonds. The summed E-state index contributed by atoms with van der Waals surface area (Å²) in [5.41, 5.74) is 1.01. The highest BCUT2D eigenvalue weighted by atomic mass is 32.1. The van der Waals surface area contributed by atoms with E-state index >= 15 is 0 Å². The lowest BCUT2D eigenvalue weighted by Gasteiger charge is -2.38. The van der Waals surface area contributed by atoms with Gasteiger partial charge in [0.15, 0.2) is 10.8 Å². The number of thiazole rings is 1. The number of anilines is 1. The van der Waals surface area contributed by atoms with Gasteiger partial charge in [0, 0.05) is 18.5 Å². The summed E-state index contributed by atoms with van der Waals surface area (Å²) in [5.74, 6) is -1.05. The normalized spacial score (nSPS) is 15.7. The standard InChI is InChI=1S/C10H11N5O2S/c1-6-5-18-10(11-6)14-2-7(3-14)15-4-8(9(16)17)12-13-15/h4-5,7H,2-3H2,1H3,(H,16,17). The van der Waals surface area contributed by atoms with E-state index in [0.29, 0.717) is 0 Å². The van der Waals surface area contributed by atoms with Crippen LogP contribution in [0.4, 0.5) is 5.13 Å². The van der Waals surface area contributed by atoms with Gasteiger partial charge in [0.1, 0.15) is 0 Å². The summed E-state index contributed by atoms with van der Waals surface area (Å²) in [6, 6.07) is 0.176. The number of carboxylic acid groups (broad SMARTS) is 1. The molecule has 2 aromatic rings. The Bertz CT molecular complexity index is 587. The molecule has 1 saturated heterocycles. The van der Waals surface area contributed by atoms with Gasteiger partial charge in [-0.05, 0) is 6.92 Å². The van der Waals surface area contributed by atoms with Gasteiger partial charge in [0.2, 0.25) is 0 Å². The Kier molecular flexibility index (Phi) is 2.51. The van der Waals surface area contributed by atoms with Crippen molar-refractivity contribution in [3.63, 3.8) is 0 Å². The fourth-order valence-electron chi connectivity index (χ4n) is 1.82. The minimum absolute atomic E-state index is 0.0152. The van der Waals surface area contributed by atoms with E-state index in [1.165, 1.54) is 6.20 Å². The van der Waals surface area contributed by atoms with Crippen molar-refractivity contribution in [3.8, 4) is 0 Å². The molecule has 0 radical (unpaired) electrons. The van der Waals surface area contributed by atoms with Crippen LogP contribution >= 0.6 is 11.3 Å². The van der Waals surface area contributed by atoms with Crippen LogP contribution in [0.15, 0.2) is 11.6 Å². The Morgan fingerprint density at radius 2 is 2.33 bits per heavy atom. The summed E-state index contributed by atoms with van der Waals surface area (Å²) in [5, 5.41) is 19.2. The summed E-state index contributed by atoms with van der Waals surface area (Å²) >= 11 is 1.62. The number of hydrogen-bond acceptors (Lipinski definition) is 6. The second-order valence-corrected chi connectivity index (χ2v) is 5.06. The third-order valence-corrected chi connectivity index (χ3v) is 3.86. The van der Waals surface area contributed by atoms with Gasteiger partial charge in [-0.25, -0.2) is 14.5 Å². The van der Waals surface area contributed by atoms with Crippen molar-refractivity contribution in [3.05, 3.63) is 23.0 Å². The third kappa shape index (κ3) is 1.84. The first-order valence-corrected chi connectivity index (χ1v) is 6.33. The molecule has 0 atom stereocenters. The first kappa shape index (κ1) is 11.1. The second-order valence-electron chi connectivity index (χ2n) is 4.22. The molecule has 0 unspecified atom stereocenters. The Hall–Kier alpha value is -1.96. The third-order valence-electron chi connectivity index (χ3n) is 2.84. The highest BCUT2D eigenvalue weighted by molar-refractivity contribution is 7.13. The van der Waals surface area contributed by atoms with Crippen LogP contribution in [0, 0.1) is 6.92 Å². The van der Waals surface area contributed by atoms with Gasteiger partial charge in [0.25, 0.3) is 0 Å². The maximum atomic E-state index is 10.7. The average Bonchev–Trinajstić information content (AvgIpc) is 2.86. The van der Waals surface area contributed by atoms with Crippen molar-refractivity contribution in [1.82, 2.24) is 20.0 Å². The number of hydrogen-bond donors (Lipinski definition) is 1. The molecule has 1 aliphatic rings. The number of carbonyl (C=O) groups is 1. The van der Waals surface area contributed by atoms with Crippen LogP contribution in [0.1, 0.15) is 22.2 Å². The Balaban J connectivity index is 1.66. The van der Waals surface area contributed by atoms with Crippen molar-refractivity contribution in [2.24, 2.45) is 0 Å². The van der Waals surface area contributed by atoms with Gasteiger partial charge in [0.05, 0.1) is 17.9 Å². The minimum atomic E-state index is -1.05. The van der Waals surface area contributed by atoms with E-state index in [2.05, 4.69) is 20.2 Å². The summed E-state index contributed by atoms with van der Waals surface area (Å²) in [4.78, 5) is 17.2. The molecule has 3 heterocycles. The van der Waals surface area contributed by atoms with Gasteiger partial charge in [-0.15, -0.1) is 16.4 Å². The molecule has 2 aromatic heterocycles. The molecule has 7 nitrogen and oxygen atoms in total. The maximum Gasteiger partial charge on any atom is 0.358 e. The number of aryl methyl sites for hydroxylation is 1. The Morgan fingerprint density at radius 3 is 2.89 bits per heavy atom. The SMILES string of the molecule is Cc1csc(N2CC(n3cc(C(=O)O)nn3)C2)n1. The van der Waals surface area contributed by atoms with Crippen LogP contribution in [-0.4, -0.2) is 44.1 Å². The molecular weight excluding hydrogens is 254 g/mol. The van der Waals surface area contributed by atoms with Gasteiger partial charge >= 0.3 is 5.97 Å². The maximum absolute atomic E-state index is 10.7. The lowest BCUT2D eigenvalue weighted by molar-refractivity contribution is 0.0690. The molecule has 0 aliphatic carbocycles. The fourth-order valence-corrected chi connectivity index (χ4v) is 2.64. The van der Waals surface area contributed by atoms with Crippen LogP contribution in [0.3, 0.4) is 0 Å². The first-order chi connectivity index (χ1) is 8.63. The largest absolute Gasteiger partial charge is 0.476 e. The van der Waals surface area contributed by atoms with Crippen LogP contribution < -0.4 is 4.90 Å². The molecule has 3 rings (SSSR count). The fraction of sp³-hybridized carbons (Fsp3) is 0.400. The number of rotatable bonds is 3. The zero-order valence-electron chi connectivity index (χ0n) is 9.65. The monoisotopic (exact) mass is 265 g/mol. The van der Waals surface area contributed by atoms with Crippen molar-refractivity contribution in [2.75, 3.05) is 18.0 Å². The Morgan fingerprint density at radius 1 is 1.56 bits per heavy atom. The smallest absolute Gasteiger partial charge is 0.358 e. The van der Waals surface area contributed by atoms with E-state index in [4.69, 9.17) is 5.11 Å². The lowest BCUT2D eigenvalue weighted by atomic mass is 10.1. The lowest BCUT2D eigenvalue weighted by Crippen LogP contribution is -2.48. The molecule has 1 fully saturated rings. The van der Waals surface area contributed by atoms with Crippen molar-refractivity contribution in [2.45, 2.75) is 13.0 Å². The average molecular weight is 265 g/mol. The zero-order valence-corrected chi connectivity index (χ0v) is 10.5. The molecule has 18 heavy (non-hydrogen) atoms. The molecule has 8 heteroatoms. The van der Waals surface area contributed by atoms with E-state index < -0.39 is 5.97 Å². The molecule has 1 N–H and O–H groups in total. The summed E-state index contributed by atoms with van der Waals surface area (Å²) in [6.07, 6.45) is 1.47. The predicted molar refractivity (Wildman–Crippen MR) is 65.1 cm³/mol. The van der Waals surface area contributed by atoms with E-state index in [-0.39, 0.29) is 11.7 Å². The topological polar surface area (TPSA) is 84.1 Å². The zero-order chi connectivity index (χ0) is 12.7. The van der Waals surface area contributed by atoms with E-state index in [1.54, 1.807) is 16.0 Å². The number of aromatic nitrogens is 4. The summed E-state index contributed by atoms with van der Waals surface area (Å²) in [7, 11) is 0.